The molecule has 2 atom stereocenters. The van der Waals surface area contributed by atoms with Gasteiger partial charge in [-0.25, -0.2) is 9.18 Å². The number of carbonyl (C=O) groups is 1. The van der Waals surface area contributed by atoms with Gasteiger partial charge in [-0.2, -0.15) is 0 Å². The smallest absolute Gasteiger partial charge is 0.338 e. The Kier molecular flexibility index (Phi) is 3.61. The van der Waals surface area contributed by atoms with Gasteiger partial charge in [-0.15, -0.1) is 0 Å². The van der Waals surface area contributed by atoms with E-state index in [-0.39, 0.29) is 5.69 Å². The molecule has 1 aliphatic rings. The van der Waals surface area contributed by atoms with E-state index in [1.54, 1.807) is 4.90 Å². The molecule has 1 fully saturated rings. The Balaban J connectivity index is 2.52. The molecule has 1 aliphatic heterocycles. The summed E-state index contributed by atoms with van der Waals surface area (Å²) in [6.07, 6.45) is 0. The second-order valence-corrected chi connectivity index (χ2v) is 5.24. The van der Waals surface area contributed by atoms with Crippen LogP contribution in [0.4, 0.5) is 15.8 Å². The van der Waals surface area contributed by atoms with Gasteiger partial charge in [0.2, 0.25) is 0 Å². The van der Waals surface area contributed by atoms with Gasteiger partial charge in [0.05, 0.1) is 16.6 Å². The number of halogens is 1. The zero-order chi connectivity index (χ0) is 15.0. The van der Waals surface area contributed by atoms with Gasteiger partial charge in [-0.3, -0.25) is 10.1 Å². The first kappa shape index (κ1) is 14.2. The molecule has 0 saturated carbocycles. The van der Waals surface area contributed by atoms with E-state index in [1.807, 2.05) is 13.8 Å². The van der Waals surface area contributed by atoms with Crippen LogP contribution < -0.4 is 4.90 Å². The topological polar surface area (TPSA) is 83.7 Å². The zero-order valence-corrected chi connectivity index (χ0v) is 11.2. The van der Waals surface area contributed by atoms with E-state index in [4.69, 9.17) is 5.11 Å². The molecule has 1 N–H and O–H groups in total. The Bertz CT molecular complexity index is 566. The van der Waals surface area contributed by atoms with Crippen LogP contribution in [-0.4, -0.2) is 29.1 Å². The Morgan fingerprint density at radius 1 is 1.40 bits per heavy atom. The van der Waals surface area contributed by atoms with Crippen molar-refractivity contribution >= 4 is 17.3 Å². The summed E-state index contributed by atoms with van der Waals surface area (Å²) in [6, 6.07) is 1.74. The predicted octanol–water partition coefficient (Wildman–Crippen LogP) is 2.52. The number of carboxylic acid groups (broad SMARTS) is 1. The number of nitro benzene ring substituents is 1. The molecule has 6 nitrogen and oxygen atoms in total. The highest BCUT2D eigenvalue weighted by Gasteiger charge is 2.32. The summed E-state index contributed by atoms with van der Waals surface area (Å²) in [5, 5.41) is 20.0. The molecule has 20 heavy (non-hydrogen) atoms. The molecule has 0 aromatic heterocycles. The van der Waals surface area contributed by atoms with Crippen molar-refractivity contribution < 1.29 is 19.2 Å². The summed E-state index contributed by atoms with van der Waals surface area (Å²) in [5.74, 6) is -1.84. The lowest BCUT2D eigenvalue weighted by molar-refractivity contribution is -0.384. The highest BCUT2D eigenvalue weighted by Crippen LogP contribution is 2.36. The van der Waals surface area contributed by atoms with Crippen LogP contribution in [0.3, 0.4) is 0 Å². The summed E-state index contributed by atoms with van der Waals surface area (Å²) in [6.45, 7) is 5.23. The van der Waals surface area contributed by atoms with Crippen molar-refractivity contribution in [3.63, 3.8) is 0 Å². The van der Waals surface area contributed by atoms with E-state index in [1.165, 1.54) is 0 Å². The number of rotatable bonds is 3. The fourth-order valence-corrected chi connectivity index (χ4v) is 2.44. The second kappa shape index (κ2) is 5.07. The average Bonchev–Trinajstić information content (AvgIpc) is 2.68. The molecule has 0 aliphatic carbocycles. The van der Waals surface area contributed by atoms with E-state index >= 15 is 0 Å². The lowest BCUT2D eigenvalue weighted by Gasteiger charge is -2.19. The fourth-order valence-electron chi connectivity index (χ4n) is 2.44. The zero-order valence-electron chi connectivity index (χ0n) is 11.2. The van der Waals surface area contributed by atoms with E-state index in [0.717, 1.165) is 6.07 Å². The van der Waals surface area contributed by atoms with Gasteiger partial charge in [-0.1, -0.05) is 13.8 Å². The van der Waals surface area contributed by atoms with Gasteiger partial charge in [0.1, 0.15) is 11.5 Å². The van der Waals surface area contributed by atoms with Crippen LogP contribution >= 0.6 is 0 Å². The Hall–Kier alpha value is -2.18. The van der Waals surface area contributed by atoms with Gasteiger partial charge in [0.15, 0.2) is 0 Å². The molecule has 1 saturated heterocycles. The Morgan fingerprint density at radius 2 is 1.95 bits per heavy atom. The minimum atomic E-state index is -1.43. The van der Waals surface area contributed by atoms with Crippen molar-refractivity contribution in [1.29, 1.82) is 0 Å². The molecule has 0 spiro atoms. The first-order valence-corrected chi connectivity index (χ1v) is 6.27. The molecule has 108 valence electrons. The van der Waals surface area contributed by atoms with Crippen LogP contribution in [0.2, 0.25) is 0 Å². The molecule has 0 bridgehead atoms. The average molecular weight is 282 g/mol. The van der Waals surface area contributed by atoms with Crippen LogP contribution in [-0.2, 0) is 0 Å². The van der Waals surface area contributed by atoms with Crippen molar-refractivity contribution in [3.8, 4) is 0 Å². The van der Waals surface area contributed by atoms with Crippen LogP contribution in [0, 0.1) is 27.8 Å². The summed E-state index contributed by atoms with van der Waals surface area (Å²) in [4.78, 5) is 23.1. The third kappa shape index (κ3) is 2.43. The third-order valence-electron chi connectivity index (χ3n) is 3.82. The highest BCUT2D eigenvalue weighted by atomic mass is 19.1. The largest absolute Gasteiger partial charge is 0.478 e. The van der Waals surface area contributed by atoms with Crippen LogP contribution in [0.1, 0.15) is 24.2 Å². The Morgan fingerprint density at radius 3 is 2.40 bits per heavy atom. The molecule has 0 radical (unpaired) electrons. The Labute approximate surface area is 115 Å². The van der Waals surface area contributed by atoms with Crippen molar-refractivity contribution in [2.75, 3.05) is 18.0 Å². The first-order valence-electron chi connectivity index (χ1n) is 6.27. The minimum absolute atomic E-state index is 0.171. The molecule has 2 rings (SSSR count). The maximum Gasteiger partial charge on any atom is 0.338 e. The van der Waals surface area contributed by atoms with Crippen molar-refractivity contribution in [2.24, 2.45) is 11.8 Å². The van der Waals surface area contributed by atoms with Gasteiger partial charge in [-0.05, 0) is 17.9 Å². The molecular formula is C13H15FN2O4. The van der Waals surface area contributed by atoms with Crippen molar-refractivity contribution in [3.05, 3.63) is 33.6 Å². The van der Waals surface area contributed by atoms with E-state index in [2.05, 4.69) is 0 Å². The highest BCUT2D eigenvalue weighted by molar-refractivity contribution is 5.90. The van der Waals surface area contributed by atoms with Gasteiger partial charge in [0.25, 0.3) is 5.69 Å². The van der Waals surface area contributed by atoms with Crippen LogP contribution in [0.25, 0.3) is 0 Å². The molecular weight excluding hydrogens is 267 g/mol. The van der Waals surface area contributed by atoms with E-state index < -0.39 is 28.0 Å². The maximum absolute atomic E-state index is 13.6. The lowest BCUT2D eigenvalue weighted by Crippen LogP contribution is -2.21. The summed E-state index contributed by atoms with van der Waals surface area (Å²) in [5.41, 5.74) is -0.767. The van der Waals surface area contributed by atoms with Crippen LogP contribution in [0.5, 0.6) is 0 Å². The molecule has 1 aromatic rings. The van der Waals surface area contributed by atoms with E-state index in [0.29, 0.717) is 31.0 Å². The number of anilines is 1. The molecule has 1 heterocycles. The SMILES string of the molecule is CC1CN(c2cc(C(=O)O)c(F)cc2[N+](=O)[O-])CC1C. The summed E-state index contributed by atoms with van der Waals surface area (Å²) in [7, 11) is 0. The minimum Gasteiger partial charge on any atom is -0.478 e. The number of hydrogen-bond acceptors (Lipinski definition) is 4. The van der Waals surface area contributed by atoms with Gasteiger partial charge in [0, 0.05) is 13.1 Å². The maximum atomic E-state index is 13.6. The van der Waals surface area contributed by atoms with E-state index in [9.17, 15) is 19.3 Å². The number of nitrogens with zero attached hydrogens (tertiary/aromatic N) is 2. The number of carboxylic acids is 1. The molecule has 2 unspecified atom stereocenters. The normalized spacial score (nSPS) is 22.1. The number of aromatic carboxylic acids is 1. The van der Waals surface area contributed by atoms with Gasteiger partial charge < -0.3 is 10.0 Å². The first-order chi connectivity index (χ1) is 9.31. The summed E-state index contributed by atoms with van der Waals surface area (Å²) < 4.78 is 13.6. The van der Waals surface area contributed by atoms with Crippen molar-refractivity contribution in [1.82, 2.24) is 0 Å². The standard InChI is InChI=1S/C13H15FN2O4/c1-7-5-15(6-8(7)2)11-3-9(13(17)18)10(14)4-12(11)16(19)20/h3-4,7-8H,5-6H2,1-2H3,(H,17,18). The van der Waals surface area contributed by atoms with Crippen molar-refractivity contribution in [2.45, 2.75) is 13.8 Å². The fraction of sp³-hybridized carbons (Fsp3) is 0.462. The molecule has 0 amide bonds. The number of nitro groups is 1. The third-order valence-corrected chi connectivity index (χ3v) is 3.82. The summed E-state index contributed by atoms with van der Waals surface area (Å²) >= 11 is 0. The predicted molar refractivity (Wildman–Crippen MR) is 70.6 cm³/mol. The molecule has 1 aromatic carbocycles. The van der Waals surface area contributed by atoms with Crippen LogP contribution in [0.15, 0.2) is 12.1 Å². The monoisotopic (exact) mass is 282 g/mol. The number of hydrogen-bond donors (Lipinski definition) is 1. The quantitative estimate of drug-likeness (QED) is 0.680. The molecule has 7 heteroatoms. The lowest BCUT2D eigenvalue weighted by atomic mass is 10.0. The number of benzene rings is 1. The van der Waals surface area contributed by atoms with Gasteiger partial charge >= 0.3 is 5.97 Å². The second-order valence-electron chi connectivity index (χ2n) is 5.24.